The molecule has 2 N–H and O–H groups in total. The molecule has 15 heavy (non-hydrogen) atoms. The van der Waals surface area contributed by atoms with E-state index in [-0.39, 0.29) is 0 Å². The highest BCUT2D eigenvalue weighted by Crippen LogP contribution is 2.27. The van der Waals surface area contributed by atoms with E-state index in [1.165, 1.54) is 0 Å². The molecule has 0 aliphatic carbocycles. The lowest BCUT2D eigenvalue weighted by Crippen LogP contribution is -1.84. The minimum Gasteiger partial charge on any atom is -0.399 e. The molecule has 0 saturated heterocycles. The van der Waals surface area contributed by atoms with Crippen LogP contribution in [0.5, 0.6) is 0 Å². The second-order valence-electron chi connectivity index (χ2n) is 3.28. The maximum absolute atomic E-state index is 5.65. The van der Waals surface area contributed by atoms with Gasteiger partial charge in [-0.15, -0.1) is 0 Å². The molecule has 2 rings (SSSR count). The second kappa shape index (κ2) is 4.37. The van der Waals surface area contributed by atoms with Crippen LogP contribution in [0, 0.1) is 0 Å². The predicted octanol–water partition coefficient (Wildman–Crippen LogP) is 4.46. The van der Waals surface area contributed by atoms with E-state index in [4.69, 9.17) is 5.73 Å². The van der Waals surface area contributed by atoms with Gasteiger partial charge in [0.25, 0.3) is 0 Å². The van der Waals surface area contributed by atoms with Crippen LogP contribution >= 0.6 is 31.9 Å². The molecule has 2 aromatic carbocycles. The van der Waals surface area contributed by atoms with E-state index in [2.05, 4.69) is 44.0 Å². The van der Waals surface area contributed by atoms with Crippen molar-refractivity contribution < 1.29 is 0 Å². The molecule has 1 nitrogen and oxygen atoms in total. The van der Waals surface area contributed by atoms with Crippen LogP contribution in [0.15, 0.2) is 51.4 Å². The molecule has 0 amide bonds. The summed E-state index contributed by atoms with van der Waals surface area (Å²) in [5.74, 6) is 0. The van der Waals surface area contributed by atoms with Crippen molar-refractivity contribution in [3.8, 4) is 11.1 Å². The summed E-state index contributed by atoms with van der Waals surface area (Å²) in [5.41, 5.74) is 8.75. The minimum absolute atomic E-state index is 0.785. The van der Waals surface area contributed by atoms with Gasteiger partial charge in [-0.3, -0.25) is 0 Å². The van der Waals surface area contributed by atoms with Gasteiger partial charge < -0.3 is 5.73 Å². The summed E-state index contributed by atoms with van der Waals surface area (Å²) < 4.78 is 2.12. The SMILES string of the molecule is Nc1ccc(-c2cc(Br)cc(Br)c2)cc1. The van der Waals surface area contributed by atoms with E-state index in [1.807, 2.05) is 30.3 Å². The van der Waals surface area contributed by atoms with Crippen molar-refractivity contribution in [1.82, 2.24) is 0 Å². The molecule has 0 saturated carbocycles. The van der Waals surface area contributed by atoms with Crippen LogP contribution in [0.2, 0.25) is 0 Å². The standard InChI is InChI=1S/C12H9Br2N/c13-10-5-9(6-11(14)7-10)8-1-3-12(15)4-2-8/h1-7H,15H2. The van der Waals surface area contributed by atoms with Gasteiger partial charge in [0.05, 0.1) is 0 Å². The van der Waals surface area contributed by atoms with Crippen molar-refractivity contribution in [2.45, 2.75) is 0 Å². The third-order valence-electron chi connectivity index (χ3n) is 2.11. The number of anilines is 1. The Labute approximate surface area is 106 Å². The van der Waals surface area contributed by atoms with Gasteiger partial charge in [0.2, 0.25) is 0 Å². The van der Waals surface area contributed by atoms with Crippen LogP contribution in [-0.2, 0) is 0 Å². The average Bonchev–Trinajstić information content (AvgIpc) is 2.17. The summed E-state index contributed by atoms with van der Waals surface area (Å²) in [5, 5.41) is 0. The topological polar surface area (TPSA) is 26.0 Å². The number of nitrogen functional groups attached to an aromatic ring is 1. The van der Waals surface area contributed by atoms with Crippen LogP contribution in [0.1, 0.15) is 0 Å². The van der Waals surface area contributed by atoms with E-state index >= 15 is 0 Å². The van der Waals surface area contributed by atoms with Gasteiger partial charge in [-0.2, -0.15) is 0 Å². The lowest BCUT2D eigenvalue weighted by molar-refractivity contribution is 1.56. The highest BCUT2D eigenvalue weighted by molar-refractivity contribution is 9.11. The Kier molecular flexibility index (Phi) is 3.12. The number of halogens is 2. The normalized spacial score (nSPS) is 10.3. The Bertz CT molecular complexity index is 457. The van der Waals surface area contributed by atoms with E-state index < -0.39 is 0 Å². The molecular formula is C12H9Br2N. The molecule has 0 spiro atoms. The second-order valence-corrected chi connectivity index (χ2v) is 5.11. The van der Waals surface area contributed by atoms with Gasteiger partial charge in [0, 0.05) is 14.6 Å². The van der Waals surface area contributed by atoms with Gasteiger partial charge >= 0.3 is 0 Å². The van der Waals surface area contributed by atoms with Crippen molar-refractivity contribution >= 4 is 37.5 Å². The first-order chi connectivity index (χ1) is 7.15. The Hall–Kier alpha value is -0.800. The number of hydrogen-bond donors (Lipinski definition) is 1. The van der Waals surface area contributed by atoms with Gasteiger partial charge in [-0.25, -0.2) is 0 Å². The van der Waals surface area contributed by atoms with E-state index in [0.29, 0.717) is 0 Å². The summed E-state index contributed by atoms with van der Waals surface area (Å²) in [6.45, 7) is 0. The molecular weight excluding hydrogens is 318 g/mol. The highest BCUT2D eigenvalue weighted by atomic mass is 79.9. The van der Waals surface area contributed by atoms with E-state index in [0.717, 1.165) is 25.8 Å². The average molecular weight is 327 g/mol. The Morgan fingerprint density at radius 1 is 0.733 bits per heavy atom. The first kappa shape index (κ1) is 10.7. The molecule has 0 unspecified atom stereocenters. The number of benzene rings is 2. The fourth-order valence-electron chi connectivity index (χ4n) is 1.40. The number of hydrogen-bond acceptors (Lipinski definition) is 1. The monoisotopic (exact) mass is 325 g/mol. The van der Waals surface area contributed by atoms with Crippen molar-refractivity contribution in [2.24, 2.45) is 0 Å². The van der Waals surface area contributed by atoms with Gasteiger partial charge in [0.15, 0.2) is 0 Å². The van der Waals surface area contributed by atoms with Gasteiger partial charge in [-0.05, 0) is 41.5 Å². The zero-order valence-corrected chi connectivity index (χ0v) is 11.0. The Morgan fingerprint density at radius 3 is 1.80 bits per heavy atom. The summed E-state index contributed by atoms with van der Waals surface area (Å²) in [6, 6.07) is 14.0. The fourth-order valence-corrected chi connectivity index (χ4v) is 2.69. The first-order valence-corrected chi connectivity index (χ1v) is 6.06. The van der Waals surface area contributed by atoms with Gasteiger partial charge in [-0.1, -0.05) is 44.0 Å². The predicted molar refractivity (Wildman–Crippen MR) is 71.7 cm³/mol. The highest BCUT2D eigenvalue weighted by Gasteiger charge is 2.00. The molecule has 0 heterocycles. The molecule has 2 aromatic rings. The molecule has 3 heteroatoms. The molecule has 0 aromatic heterocycles. The minimum atomic E-state index is 0.785. The summed E-state index contributed by atoms with van der Waals surface area (Å²) in [7, 11) is 0. The van der Waals surface area contributed by atoms with Crippen LogP contribution in [0.4, 0.5) is 5.69 Å². The molecule has 0 fully saturated rings. The Balaban J connectivity index is 2.49. The van der Waals surface area contributed by atoms with Crippen LogP contribution in [0.25, 0.3) is 11.1 Å². The van der Waals surface area contributed by atoms with E-state index in [9.17, 15) is 0 Å². The van der Waals surface area contributed by atoms with Crippen molar-refractivity contribution in [1.29, 1.82) is 0 Å². The third-order valence-corrected chi connectivity index (χ3v) is 3.02. The van der Waals surface area contributed by atoms with E-state index in [1.54, 1.807) is 0 Å². The molecule has 76 valence electrons. The lowest BCUT2D eigenvalue weighted by Gasteiger charge is -2.04. The first-order valence-electron chi connectivity index (χ1n) is 4.47. The molecule has 0 aliphatic rings. The summed E-state index contributed by atoms with van der Waals surface area (Å²) in [4.78, 5) is 0. The van der Waals surface area contributed by atoms with Gasteiger partial charge in [0.1, 0.15) is 0 Å². The van der Waals surface area contributed by atoms with Crippen molar-refractivity contribution in [2.75, 3.05) is 5.73 Å². The molecule has 0 atom stereocenters. The van der Waals surface area contributed by atoms with Crippen molar-refractivity contribution in [3.05, 3.63) is 51.4 Å². The fraction of sp³-hybridized carbons (Fsp3) is 0. The number of nitrogens with two attached hydrogens (primary N) is 1. The zero-order valence-electron chi connectivity index (χ0n) is 7.87. The number of rotatable bonds is 1. The van der Waals surface area contributed by atoms with Crippen LogP contribution in [-0.4, -0.2) is 0 Å². The smallest absolute Gasteiger partial charge is 0.0314 e. The maximum Gasteiger partial charge on any atom is 0.0314 e. The quantitative estimate of drug-likeness (QED) is 0.769. The Morgan fingerprint density at radius 2 is 1.27 bits per heavy atom. The van der Waals surface area contributed by atoms with Crippen LogP contribution in [0.3, 0.4) is 0 Å². The van der Waals surface area contributed by atoms with Crippen LogP contribution < -0.4 is 5.73 Å². The van der Waals surface area contributed by atoms with Crippen molar-refractivity contribution in [3.63, 3.8) is 0 Å². The summed E-state index contributed by atoms with van der Waals surface area (Å²) in [6.07, 6.45) is 0. The molecule has 0 aliphatic heterocycles. The maximum atomic E-state index is 5.65. The molecule has 0 radical (unpaired) electrons. The zero-order chi connectivity index (χ0) is 10.8. The summed E-state index contributed by atoms with van der Waals surface area (Å²) >= 11 is 6.94. The molecule has 0 bridgehead atoms. The third kappa shape index (κ3) is 2.61. The lowest BCUT2D eigenvalue weighted by atomic mass is 10.1. The largest absolute Gasteiger partial charge is 0.399 e.